The second-order valence-electron chi connectivity index (χ2n) is 3.98. The fourth-order valence-corrected chi connectivity index (χ4v) is 2.73. The molecule has 2 amide bonds. The molecule has 2 rings (SSSR count). The SMILES string of the molecule is Cc1cc(CN2CC(=O)NCC2=O)sc1C. The number of aryl methyl sites for hydroxylation is 2. The molecule has 86 valence electrons. The summed E-state index contributed by atoms with van der Waals surface area (Å²) in [6, 6.07) is 2.08. The molecule has 1 aromatic heterocycles. The maximum atomic E-state index is 11.6. The van der Waals surface area contributed by atoms with Crippen molar-refractivity contribution in [1.82, 2.24) is 10.2 Å². The van der Waals surface area contributed by atoms with Gasteiger partial charge >= 0.3 is 0 Å². The van der Waals surface area contributed by atoms with Crippen LogP contribution in [0.5, 0.6) is 0 Å². The zero-order valence-electron chi connectivity index (χ0n) is 9.37. The monoisotopic (exact) mass is 238 g/mol. The molecule has 1 saturated heterocycles. The van der Waals surface area contributed by atoms with Crippen molar-refractivity contribution >= 4 is 23.2 Å². The van der Waals surface area contributed by atoms with Gasteiger partial charge in [0.1, 0.15) is 0 Å². The summed E-state index contributed by atoms with van der Waals surface area (Å²) in [6.07, 6.45) is 0. The van der Waals surface area contributed by atoms with E-state index in [1.54, 1.807) is 16.2 Å². The van der Waals surface area contributed by atoms with E-state index >= 15 is 0 Å². The molecule has 0 unspecified atom stereocenters. The first kappa shape index (κ1) is 11.1. The summed E-state index contributed by atoms with van der Waals surface area (Å²) in [5.74, 6) is -0.0899. The molecular weight excluding hydrogens is 224 g/mol. The summed E-state index contributed by atoms with van der Waals surface area (Å²) in [4.78, 5) is 26.7. The highest BCUT2D eigenvalue weighted by Gasteiger charge is 2.23. The highest BCUT2D eigenvalue weighted by atomic mass is 32.1. The number of thiophene rings is 1. The fraction of sp³-hybridized carbons (Fsp3) is 0.455. The summed E-state index contributed by atoms with van der Waals surface area (Å²) < 4.78 is 0. The van der Waals surface area contributed by atoms with E-state index in [1.807, 2.05) is 0 Å². The second kappa shape index (κ2) is 4.25. The van der Waals surface area contributed by atoms with Gasteiger partial charge in [0.25, 0.3) is 0 Å². The van der Waals surface area contributed by atoms with Crippen LogP contribution in [0.2, 0.25) is 0 Å². The van der Waals surface area contributed by atoms with Crippen molar-refractivity contribution in [3.63, 3.8) is 0 Å². The molecule has 0 radical (unpaired) electrons. The molecule has 0 bridgehead atoms. The predicted molar refractivity (Wildman–Crippen MR) is 62.2 cm³/mol. The molecule has 2 heterocycles. The molecule has 0 aromatic carbocycles. The van der Waals surface area contributed by atoms with Crippen molar-refractivity contribution in [3.8, 4) is 0 Å². The minimum absolute atomic E-state index is 0.0108. The van der Waals surface area contributed by atoms with Crippen LogP contribution in [0.15, 0.2) is 6.07 Å². The lowest BCUT2D eigenvalue weighted by molar-refractivity contribution is -0.141. The van der Waals surface area contributed by atoms with Gasteiger partial charge in [0, 0.05) is 9.75 Å². The van der Waals surface area contributed by atoms with Gasteiger partial charge in [0.15, 0.2) is 0 Å². The largest absolute Gasteiger partial charge is 0.345 e. The van der Waals surface area contributed by atoms with Crippen molar-refractivity contribution in [3.05, 3.63) is 21.4 Å². The Kier molecular flexibility index (Phi) is 2.96. The van der Waals surface area contributed by atoms with Gasteiger partial charge in [-0.05, 0) is 25.5 Å². The predicted octanol–water partition coefficient (Wildman–Crippen LogP) is 0.823. The lowest BCUT2D eigenvalue weighted by Crippen LogP contribution is -2.50. The summed E-state index contributed by atoms with van der Waals surface area (Å²) in [7, 11) is 0. The third-order valence-electron chi connectivity index (χ3n) is 2.69. The molecule has 1 aliphatic rings. The quantitative estimate of drug-likeness (QED) is 0.829. The maximum absolute atomic E-state index is 11.6. The molecule has 0 atom stereocenters. The molecule has 0 saturated carbocycles. The minimum atomic E-state index is -0.0791. The van der Waals surface area contributed by atoms with E-state index in [0.29, 0.717) is 6.54 Å². The average molecular weight is 238 g/mol. The zero-order chi connectivity index (χ0) is 11.7. The van der Waals surface area contributed by atoms with Gasteiger partial charge in [-0.2, -0.15) is 0 Å². The number of hydrogen-bond acceptors (Lipinski definition) is 3. The third kappa shape index (κ3) is 2.24. The molecular formula is C11H14N2O2S. The van der Waals surface area contributed by atoms with E-state index in [1.165, 1.54) is 10.4 Å². The second-order valence-corrected chi connectivity index (χ2v) is 5.32. The molecule has 4 nitrogen and oxygen atoms in total. The third-order valence-corrected chi connectivity index (χ3v) is 3.82. The summed E-state index contributed by atoms with van der Waals surface area (Å²) in [6.45, 7) is 4.97. The standard InChI is InChI=1S/C11H14N2O2S/c1-7-3-9(16-8(7)2)5-13-6-10(14)12-4-11(13)15/h3H,4-6H2,1-2H3,(H,12,14). The normalized spacial score (nSPS) is 16.5. The smallest absolute Gasteiger partial charge is 0.242 e. The molecule has 1 N–H and O–H groups in total. The van der Waals surface area contributed by atoms with Crippen molar-refractivity contribution in [2.45, 2.75) is 20.4 Å². The molecule has 16 heavy (non-hydrogen) atoms. The number of amides is 2. The number of rotatable bonds is 2. The molecule has 1 aliphatic heterocycles. The van der Waals surface area contributed by atoms with E-state index in [-0.39, 0.29) is 24.9 Å². The number of hydrogen-bond donors (Lipinski definition) is 1. The van der Waals surface area contributed by atoms with E-state index in [4.69, 9.17) is 0 Å². The Balaban J connectivity index is 2.08. The Bertz CT molecular complexity index is 420. The lowest BCUT2D eigenvalue weighted by atomic mass is 10.2. The zero-order valence-corrected chi connectivity index (χ0v) is 10.2. The number of carbonyl (C=O) groups excluding carboxylic acids is 2. The first-order chi connectivity index (χ1) is 7.56. The van der Waals surface area contributed by atoms with Gasteiger partial charge in [-0.15, -0.1) is 11.3 Å². The van der Waals surface area contributed by atoms with Crippen molar-refractivity contribution in [2.75, 3.05) is 13.1 Å². The minimum Gasteiger partial charge on any atom is -0.345 e. The van der Waals surface area contributed by atoms with Gasteiger partial charge < -0.3 is 10.2 Å². The van der Waals surface area contributed by atoms with Gasteiger partial charge in [-0.1, -0.05) is 0 Å². The van der Waals surface area contributed by atoms with E-state index < -0.39 is 0 Å². The molecule has 5 heteroatoms. The van der Waals surface area contributed by atoms with Crippen LogP contribution < -0.4 is 5.32 Å². The number of piperazine rings is 1. The van der Waals surface area contributed by atoms with Gasteiger partial charge in [-0.3, -0.25) is 9.59 Å². The van der Waals surface area contributed by atoms with Crippen molar-refractivity contribution < 1.29 is 9.59 Å². The Morgan fingerprint density at radius 2 is 2.19 bits per heavy atom. The van der Waals surface area contributed by atoms with Crippen LogP contribution in [0.25, 0.3) is 0 Å². The fourth-order valence-electron chi connectivity index (χ4n) is 1.66. The Labute approximate surface area is 98.3 Å². The van der Waals surface area contributed by atoms with E-state index in [0.717, 1.165) is 4.88 Å². The van der Waals surface area contributed by atoms with Crippen molar-refractivity contribution in [1.29, 1.82) is 0 Å². The van der Waals surface area contributed by atoms with Gasteiger partial charge in [0.05, 0.1) is 19.6 Å². The first-order valence-corrected chi connectivity index (χ1v) is 5.98. The lowest BCUT2D eigenvalue weighted by Gasteiger charge is -2.25. The summed E-state index contributed by atoms with van der Waals surface area (Å²) in [5, 5.41) is 2.54. The number of nitrogens with one attached hydrogen (secondary N) is 1. The van der Waals surface area contributed by atoms with E-state index in [9.17, 15) is 9.59 Å². The van der Waals surface area contributed by atoms with Crippen LogP contribution >= 0.6 is 11.3 Å². The van der Waals surface area contributed by atoms with Crippen LogP contribution in [0, 0.1) is 13.8 Å². The molecule has 1 fully saturated rings. The summed E-state index contributed by atoms with van der Waals surface area (Å²) in [5.41, 5.74) is 1.24. The van der Waals surface area contributed by atoms with Crippen LogP contribution in [0.4, 0.5) is 0 Å². The van der Waals surface area contributed by atoms with Crippen molar-refractivity contribution in [2.24, 2.45) is 0 Å². The molecule has 0 aliphatic carbocycles. The number of carbonyl (C=O) groups is 2. The summed E-state index contributed by atoms with van der Waals surface area (Å²) >= 11 is 1.69. The molecule has 1 aromatic rings. The highest BCUT2D eigenvalue weighted by Crippen LogP contribution is 2.22. The van der Waals surface area contributed by atoms with Gasteiger partial charge in [0.2, 0.25) is 11.8 Å². The van der Waals surface area contributed by atoms with Crippen LogP contribution in [0.3, 0.4) is 0 Å². The Morgan fingerprint density at radius 3 is 2.81 bits per heavy atom. The first-order valence-electron chi connectivity index (χ1n) is 5.16. The highest BCUT2D eigenvalue weighted by molar-refractivity contribution is 7.12. The van der Waals surface area contributed by atoms with Crippen LogP contribution in [-0.4, -0.2) is 29.8 Å². The Hall–Kier alpha value is -1.36. The van der Waals surface area contributed by atoms with Crippen LogP contribution in [0.1, 0.15) is 15.3 Å². The average Bonchev–Trinajstić information content (AvgIpc) is 2.52. The van der Waals surface area contributed by atoms with Gasteiger partial charge in [-0.25, -0.2) is 0 Å². The van der Waals surface area contributed by atoms with E-state index in [2.05, 4.69) is 25.2 Å². The Morgan fingerprint density at radius 1 is 1.44 bits per heavy atom. The maximum Gasteiger partial charge on any atom is 0.242 e. The molecule has 0 spiro atoms. The van der Waals surface area contributed by atoms with Crippen LogP contribution in [-0.2, 0) is 16.1 Å². The topological polar surface area (TPSA) is 49.4 Å². The number of nitrogens with zero attached hydrogens (tertiary/aromatic N) is 1.